The zero-order chi connectivity index (χ0) is 15.2. The summed E-state index contributed by atoms with van der Waals surface area (Å²) in [6.07, 6.45) is 0.822. The summed E-state index contributed by atoms with van der Waals surface area (Å²) in [4.78, 5) is 0. The van der Waals surface area contributed by atoms with Crippen LogP contribution < -0.4 is 10.1 Å². The summed E-state index contributed by atoms with van der Waals surface area (Å²) in [5, 5.41) is 5.40. The first kappa shape index (κ1) is 16.4. The van der Waals surface area contributed by atoms with Crippen molar-refractivity contribution in [3.05, 3.63) is 62.6 Å². The van der Waals surface area contributed by atoms with Crippen molar-refractivity contribution in [3.8, 4) is 5.75 Å². The van der Waals surface area contributed by atoms with Gasteiger partial charge >= 0.3 is 0 Å². The molecule has 112 valence electrons. The van der Waals surface area contributed by atoms with E-state index in [1.54, 1.807) is 13.2 Å². The fraction of sp³-hybridized carbons (Fsp3) is 0.250. The highest BCUT2D eigenvalue weighted by Gasteiger charge is 2.07. The molecule has 2 rings (SSSR count). The van der Waals surface area contributed by atoms with Gasteiger partial charge in [-0.15, -0.1) is 0 Å². The minimum absolute atomic E-state index is 0.647. The summed E-state index contributed by atoms with van der Waals surface area (Å²) < 4.78 is 5.31. The van der Waals surface area contributed by atoms with Crippen molar-refractivity contribution in [1.82, 2.24) is 5.32 Å². The van der Waals surface area contributed by atoms with Crippen molar-refractivity contribution < 1.29 is 4.74 Å². The van der Waals surface area contributed by atoms with Crippen LogP contribution >= 0.6 is 34.8 Å². The van der Waals surface area contributed by atoms with Gasteiger partial charge in [-0.2, -0.15) is 0 Å². The van der Waals surface area contributed by atoms with E-state index in [0.29, 0.717) is 21.6 Å². The molecule has 1 N–H and O–H groups in total. The number of benzene rings is 2. The maximum absolute atomic E-state index is 6.19. The minimum Gasteiger partial charge on any atom is -0.496 e. The molecular weight excluding hydrogens is 329 g/mol. The van der Waals surface area contributed by atoms with Crippen molar-refractivity contribution in [3.63, 3.8) is 0 Å². The molecule has 21 heavy (non-hydrogen) atoms. The van der Waals surface area contributed by atoms with E-state index < -0.39 is 0 Å². The SMILES string of the molecule is COc1cccc(Cl)c1CNCCc1ccc(Cl)cc1Cl. The third-order valence-corrected chi connectivity index (χ3v) is 4.12. The smallest absolute Gasteiger partial charge is 0.124 e. The molecule has 0 bridgehead atoms. The van der Waals surface area contributed by atoms with Gasteiger partial charge in [-0.25, -0.2) is 0 Å². The summed E-state index contributed by atoms with van der Waals surface area (Å²) in [5.74, 6) is 0.791. The van der Waals surface area contributed by atoms with Crippen LogP contribution in [-0.2, 0) is 13.0 Å². The number of rotatable bonds is 6. The molecule has 0 aliphatic carbocycles. The standard InChI is InChI=1S/C16H16Cl3NO/c1-21-16-4-2-3-14(18)13(16)10-20-8-7-11-5-6-12(17)9-15(11)19/h2-6,9,20H,7-8,10H2,1H3. The first-order valence-corrected chi connectivity index (χ1v) is 7.71. The Morgan fingerprint density at radius 1 is 1.05 bits per heavy atom. The van der Waals surface area contributed by atoms with E-state index >= 15 is 0 Å². The van der Waals surface area contributed by atoms with E-state index in [1.165, 1.54) is 0 Å². The van der Waals surface area contributed by atoms with Crippen LogP contribution in [0.25, 0.3) is 0 Å². The van der Waals surface area contributed by atoms with Crippen molar-refractivity contribution in [2.75, 3.05) is 13.7 Å². The topological polar surface area (TPSA) is 21.3 Å². The summed E-state index contributed by atoms with van der Waals surface area (Å²) in [5.41, 5.74) is 2.03. The van der Waals surface area contributed by atoms with Crippen molar-refractivity contribution >= 4 is 34.8 Å². The van der Waals surface area contributed by atoms with Gasteiger partial charge in [0.1, 0.15) is 5.75 Å². The average Bonchev–Trinajstić information content (AvgIpc) is 2.46. The van der Waals surface area contributed by atoms with E-state index in [9.17, 15) is 0 Å². The van der Waals surface area contributed by atoms with Crippen molar-refractivity contribution in [1.29, 1.82) is 0 Å². The van der Waals surface area contributed by atoms with Crippen molar-refractivity contribution in [2.24, 2.45) is 0 Å². The molecule has 0 spiro atoms. The summed E-state index contributed by atoms with van der Waals surface area (Å²) in [6.45, 7) is 1.43. The lowest BCUT2D eigenvalue weighted by Crippen LogP contribution is -2.17. The van der Waals surface area contributed by atoms with Gasteiger partial charge in [0.25, 0.3) is 0 Å². The molecule has 0 saturated heterocycles. The number of nitrogens with one attached hydrogen (secondary N) is 1. The van der Waals surface area contributed by atoms with E-state index in [-0.39, 0.29) is 0 Å². The minimum atomic E-state index is 0.647. The molecule has 2 aromatic carbocycles. The first-order chi connectivity index (χ1) is 10.1. The highest BCUT2D eigenvalue weighted by Crippen LogP contribution is 2.26. The molecule has 5 heteroatoms. The van der Waals surface area contributed by atoms with E-state index in [1.807, 2.05) is 30.3 Å². The number of halogens is 3. The van der Waals surface area contributed by atoms with Crippen LogP contribution in [0.15, 0.2) is 36.4 Å². The average molecular weight is 345 g/mol. The largest absolute Gasteiger partial charge is 0.496 e. The summed E-state index contributed by atoms with van der Waals surface area (Å²) in [7, 11) is 1.64. The monoisotopic (exact) mass is 343 g/mol. The molecule has 0 aromatic heterocycles. The zero-order valence-electron chi connectivity index (χ0n) is 11.6. The molecule has 0 amide bonds. The molecule has 0 fully saturated rings. The van der Waals surface area contributed by atoms with E-state index in [0.717, 1.165) is 29.8 Å². The Balaban J connectivity index is 1.90. The third-order valence-electron chi connectivity index (χ3n) is 3.18. The Morgan fingerprint density at radius 3 is 2.57 bits per heavy atom. The Morgan fingerprint density at radius 2 is 1.86 bits per heavy atom. The lowest BCUT2D eigenvalue weighted by atomic mass is 10.1. The number of hydrogen-bond acceptors (Lipinski definition) is 2. The van der Waals surface area contributed by atoms with E-state index in [4.69, 9.17) is 39.5 Å². The van der Waals surface area contributed by atoms with Crippen LogP contribution in [0.1, 0.15) is 11.1 Å². The highest BCUT2D eigenvalue weighted by molar-refractivity contribution is 6.35. The Hall–Kier alpha value is -0.930. The highest BCUT2D eigenvalue weighted by atomic mass is 35.5. The summed E-state index contributed by atoms with van der Waals surface area (Å²) >= 11 is 18.2. The van der Waals surface area contributed by atoms with Gasteiger partial charge in [-0.05, 0) is 42.8 Å². The van der Waals surface area contributed by atoms with Gasteiger partial charge in [-0.3, -0.25) is 0 Å². The Bertz CT molecular complexity index is 616. The van der Waals surface area contributed by atoms with Crippen LogP contribution in [0.4, 0.5) is 0 Å². The van der Waals surface area contributed by atoms with Crippen LogP contribution in [-0.4, -0.2) is 13.7 Å². The van der Waals surface area contributed by atoms with Gasteiger partial charge < -0.3 is 10.1 Å². The van der Waals surface area contributed by atoms with Crippen molar-refractivity contribution in [2.45, 2.75) is 13.0 Å². The van der Waals surface area contributed by atoms with Gasteiger partial charge in [0.15, 0.2) is 0 Å². The number of methoxy groups -OCH3 is 1. The molecule has 0 unspecified atom stereocenters. The second-order valence-corrected chi connectivity index (χ2v) is 5.83. The maximum Gasteiger partial charge on any atom is 0.124 e. The number of ether oxygens (including phenoxy) is 1. The second kappa shape index (κ2) is 7.90. The summed E-state index contributed by atoms with van der Waals surface area (Å²) in [6, 6.07) is 11.2. The number of hydrogen-bond donors (Lipinski definition) is 1. The van der Waals surface area contributed by atoms with Crippen LogP contribution in [0, 0.1) is 0 Å². The maximum atomic E-state index is 6.19. The van der Waals surface area contributed by atoms with Crippen LogP contribution in [0.3, 0.4) is 0 Å². The molecular formula is C16H16Cl3NO. The first-order valence-electron chi connectivity index (χ1n) is 6.58. The van der Waals surface area contributed by atoms with Gasteiger partial charge in [0, 0.05) is 27.2 Å². The molecule has 0 aliphatic rings. The second-order valence-electron chi connectivity index (χ2n) is 4.58. The zero-order valence-corrected chi connectivity index (χ0v) is 13.9. The Labute approximate surface area is 140 Å². The molecule has 0 radical (unpaired) electrons. The van der Waals surface area contributed by atoms with Gasteiger partial charge in [0.05, 0.1) is 7.11 Å². The quantitative estimate of drug-likeness (QED) is 0.746. The fourth-order valence-corrected chi connectivity index (χ4v) is 2.80. The lowest BCUT2D eigenvalue weighted by molar-refractivity contribution is 0.408. The van der Waals surface area contributed by atoms with Gasteiger partial charge in [0.2, 0.25) is 0 Å². The molecule has 0 atom stereocenters. The fourth-order valence-electron chi connectivity index (χ4n) is 2.06. The molecule has 0 heterocycles. The molecule has 0 saturated carbocycles. The van der Waals surface area contributed by atoms with Crippen LogP contribution in [0.5, 0.6) is 5.75 Å². The normalized spacial score (nSPS) is 10.7. The lowest BCUT2D eigenvalue weighted by Gasteiger charge is -2.11. The predicted octanol–water partition coefficient (Wildman–Crippen LogP) is 4.99. The molecule has 0 aliphatic heterocycles. The van der Waals surface area contributed by atoms with E-state index in [2.05, 4.69) is 5.32 Å². The van der Waals surface area contributed by atoms with Crippen LogP contribution in [0.2, 0.25) is 15.1 Å². The van der Waals surface area contributed by atoms with Gasteiger partial charge in [-0.1, -0.05) is 46.9 Å². The Kier molecular flexibility index (Phi) is 6.19. The third kappa shape index (κ3) is 4.52. The molecule has 2 nitrogen and oxygen atoms in total. The molecule has 2 aromatic rings. The predicted molar refractivity (Wildman–Crippen MR) is 89.9 cm³/mol.